The lowest BCUT2D eigenvalue weighted by molar-refractivity contribution is -0.121. The lowest BCUT2D eigenvalue weighted by atomic mass is 10.2. The Morgan fingerprint density at radius 3 is 2.35 bits per heavy atom. The number of para-hydroxylation sites is 2. The van der Waals surface area contributed by atoms with Crippen molar-refractivity contribution >= 4 is 28.4 Å². The zero-order chi connectivity index (χ0) is 28.5. The van der Waals surface area contributed by atoms with E-state index in [2.05, 4.69) is 10.6 Å². The number of carbonyl (C=O) groups is 2. The number of ether oxygens (including phenoxy) is 2. The average molecular weight is 545 g/mol. The van der Waals surface area contributed by atoms with E-state index in [1.807, 2.05) is 31.2 Å². The van der Waals surface area contributed by atoms with Crippen LogP contribution < -0.4 is 31.4 Å². The molecule has 0 fully saturated rings. The van der Waals surface area contributed by atoms with E-state index >= 15 is 0 Å². The second-order valence-electron chi connectivity index (χ2n) is 9.04. The molecule has 208 valence electrons. The van der Waals surface area contributed by atoms with Crippen molar-refractivity contribution in [2.24, 2.45) is 0 Å². The second kappa shape index (κ2) is 13.3. The van der Waals surface area contributed by atoms with Gasteiger partial charge in [-0.2, -0.15) is 0 Å². The maximum atomic E-state index is 13.4. The highest BCUT2D eigenvalue weighted by atomic mass is 16.5. The Morgan fingerprint density at radius 2 is 1.60 bits per heavy atom. The van der Waals surface area contributed by atoms with E-state index in [9.17, 15) is 19.2 Å². The minimum absolute atomic E-state index is 0.0328. The number of fused-ring (bicyclic) bond motifs is 1. The predicted octanol–water partition coefficient (Wildman–Crippen LogP) is 3.31. The molecule has 40 heavy (non-hydrogen) atoms. The Labute approximate surface area is 231 Å². The standard InChI is InChI=1S/C30H32N4O6/c1-3-40-23-16-14-22(15-17-23)32-28(36)20-34-25-11-6-5-10-24(25)29(37)33(30(34)38)18-8-13-27(35)31-19-21-9-4-7-12-26(21)39-2/h4-7,9-12,14-17H,3,8,13,18-20H2,1-2H3,(H,31,35)(H,32,36). The Kier molecular flexibility index (Phi) is 9.35. The molecule has 4 rings (SSSR count). The molecule has 0 spiro atoms. The van der Waals surface area contributed by atoms with Gasteiger partial charge in [-0.05, 0) is 55.8 Å². The van der Waals surface area contributed by atoms with Crippen LogP contribution in [0.25, 0.3) is 10.9 Å². The van der Waals surface area contributed by atoms with Crippen LogP contribution in [0.1, 0.15) is 25.3 Å². The van der Waals surface area contributed by atoms with E-state index in [0.717, 1.165) is 10.1 Å². The third-order valence-corrected chi connectivity index (χ3v) is 6.34. The fourth-order valence-corrected chi connectivity index (χ4v) is 4.40. The summed E-state index contributed by atoms with van der Waals surface area (Å²) < 4.78 is 13.1. The molecule has 3 aromatic carbocycles. The van der Waals surface area contributed by atoms with Crippen molar-refractivity contribution in [1.29, 1.82) is 0 Å². The van der Waals surface area contributed by atoms with Gasteiger partial charge >= 0.3 is 5.69 Å². The van der Waals surface area contributed by atoms with E-state index < -0.39 is 17.2 Å². The van der Waals surface area contributed by atoms with Crippen LogP contribution in [0, 0.1) is 0 Å². The van der Waals surface area contributed by atoms with Gasteiger partial charge in [0.05, 0.1) is 24.6 Å². The molecular weight excluding hydrogens is 512 g/mol. The van der Waals surface area contributed by atoms with Gasteiger partial charge < -0.3 is 20.1 Å². The lowest BCUT2D eigenvalue weighted by Gasteiger charge is -2.14. The summed E-state index contributed by atoms with van der Waals surface area (Å²) in [4.78, 5) is 51.8. The smallest absolute Gasteiger partial charge is 0.331 e. The van der Waals surface area contributed by atoms with Crippen molar-refractivity contribution in [3.05, 3.63) is 99.2 Å². The van der Waals surface area contributed by atoms with E-state index in [4.69, 9.17) is 9.47 Å². The van der Waals surface area contributed by atoms with Gasteiger partial charge in [-0.3, -0.25) is 23.5 Å². The highest BCUT2D eigenvalue weighted by Crippen LogP contribution is 2.17. The molecular formula is C30H32N4O6. The van der Waals surface area contributed by atoms with Crippen LogP contribution >= 0.6 is 0 Å². The summed E-state index contributed by atoms with van der Waals surface area (Å²) in [5, 5.41) is 5.93. The monoisotopic (exact) mass is 544 g/mol. The molecule has 10 heteroatoms. The summed E-state index contributed by atoms with van der Waals surface area (Å²) in [7, 11) is 1.57. The maximum absolute atomic E-state index is 13.4. The molecule has 4 aromatic rings. The van der Waals surface area contributed by atoms with Crippen molar-refractivity contribution in [2.75, 3.05) is 19.0 Å². The van der Waals surface area contributed by atoms with Crippen LogP contribution in [-0.4, -0.2) is 34.7 Å². The second-order valence-corrected chi connectivity index (χ2v) is 9.04. The van der Waals surface area contributed by atoms with Gasteiger partial charge in [-0.1, -0.05) is 30.3 Å². The number of hydrogen-bond donors (Lipinski definition) is 2. The topological polar surface area (TPSA) is 121 Å². The van der Waals surface area contributed by atoms with Crippen LogP contribution in [-0.2, 0) is 29.2 Å². The summed E-state index contributed by atoms with van der Waals surface area (Å²) in [6, 6.07) is 21.0. The fourth-order valence-electron chi connectivity index (χ4n) is 4.40. The Morgan fingerprint density at radius 1 is 0.875 bits per heavy atom. The quantitative estimate of drug-likeness (QED) is 0.282. The number of benzene rings is 3. The number of nitrogens with one attached hydrogen (secondary N) is 2. The van der Waals surface area contributed by atoms with Gasteiger partial charge in [-0.25, -0.2) is 4.79 Å². The van der Waals surface area contributed by atoms with Gasteiger partial charge in [-0.15, -0.1) is 0 Å². The normalized spacial score (nSPS) is 10.8. The average Bonchev–Trinajstić information content (AvgIpc) is 2.97. The molecule has 0 saturated heterocycles. The molecule has 1 aromatic heterocycles. The van der Waals surface area contributed by atoms with Crippen molar-refractivity contribution in [3.63, 3.8) is 0 Å². The summed E-state index contributed by atoms with van der Waals surface area (Å²) in [6.07, 6.45) is 0.385. The summed E-state index contributed by atoms with van der Waals surface area (Å²) in [5.74, 6) is 0.730. The molecule has 10 nitrogen and oxygen atoms in total. The minimum atomic E-state index is -0.611. The largest absolute Gasteiger partial charge is 0.496 e. The minimum Gasteiger partial charge on any atom is -0.496 e. The van der Waals surface area contributed by atoms with E-state index in [0.29, 0.717) is 41.2 Å². The number of nitrogens with zero attached hydrogens (tertiary/aromatic N) is 2. The first-order valence-corrected chi connectivity index (χ1v) is 13.0. The Hall–Kier alpha value is -4.86. The first-order chi connectivity index (χ1) is 19.4. The number of hydrogen-bond acceptors (Lipinski definition) is 6. The molecule has 0 unspecified atom stereocenters. The zero-order valence-electron chi connectivity index (χ0n) is 22.5. The van der Waals surface area contributed by atoms with Crippen LogP contribution in [0.4, 0.5) is 5.69 Å². The molecule has 1 heterocycles. The fraction of sp³-hybridized carbons (Fsp3) is 0.267. The lowest BCUT2D eigenvalue weighted by Crippen LogP contribution is -2.42. The molecule has 0 radical (unpaired) electrons. The zero-order valence-corrected chi connectivity index (χ0v) is 22.5. The van der Waals surface area contributed by atoms with Crippen molar-refractivity contribution in [2.45, 2.75) is 39.4 Å². The van der Waals surface area contributed by atoms with Crippen LogP contribution in [0.15, 0.2) is 82.4 Å². The van der Waals surface area contributed by atoms with Crippen molar-refractivity contribution in [1.82, 2.24) is 14.5 Å². The summed E-state index contributed by atoms with van der Waals surface area (Å²) >= 11 is 0. The third-order valence-electron chi connectivity index (χ3n) is 6.34. The van der Waals surface area contributed by atoms with E-state index in [1.54, 1.807) is 55.6 Å². The molecule has 0 bridgehead atoms. The molecule has 2 N–H and O–H groups in total. The van der Waals surface area contributed by atoms with Gasteiger partial charge in [0.1, 0.15) is 18.0 Å². The predicted molar refractivity (Wildman–Crippen MR) is 153 cm³/mol. The van der Waals surface area contributed by atoms with Gasteiger partial charge in [0.25, 0.3) is 5.56 Å². The number of amides is 2. The number of anilines is 1. The summed E-state index contributed by atoms with van der Waals surface area (Å²) in [6.45, 7) is 2.47. The Balaban J connectivity index is 1.45. The molecule has 0 aliphatic carbocycles. The highest BCUT2D eigenvalue weighted by molar-refractivity contribution is 5.91. The van der Waals surface area contributed by atoms with E-state index in [1.165, 1.54) is 4.57 Å². The molecule has 0 saturated carbocycles. The summed E-state index contributed by atoms with van der Waals surface area (Å²) in [5.41, 5.74) is 0.692. The van der Waals surface area contributed by atoms with Gasteiger partial charge in [0.15, 0.2) is 0 Å². The number of carbonyl (C=O) groups excluding carboxylic acids is 2. The van der Waals surface area contributed by atoms with Crippen LogP contribution in [0.2, 0.25) is 0 Å². The van der Waals surface area contributed by atoms with Gasteiger partial charge in [0.2, 0.25) is 11.8 Å². The van der Waals surface area contributed by atoms with Crippen LogP contribution in [0.3, 0.4) is 0 Å². The highest BCUT2D eigenvalue weighted by Gasteiger charge is 2.16. The first-order valence-electron chi connectivity index (χ1n) is 13.0. The SMILES string of the molecule is CCOc1ccc(NC(=O)Cn2c(=O)n(CCCC(=O)NCc3ccccc3OC)c(=O)c3ccccc32)cc1. The Bertz CT molecular complexity index is 1610. The molecule has 0 aliphatic rings. The van der Waals surface area contributed by atoms with Crippen LogP contribution in [0.5, 0.6) is 11.5 Å². The molecule has 0 aliphatic heterocycles. The third kappa shape index (κ3) is 6.76. The number of methoxy groups -OCH3 is 1. The first kappa shape index (κ1) is 28.2. The van der Waals surface area contributed by atoms with Gasteiger partial charge in [0, 0.05) is 30.8 Å². The van der Waals surface area contributed by atoms with Crippen molar-refractivity contribution < 1.29 is 19.1 Å². The molecule has 0 atom stereocenters. The van der Waals surface area contributed by atoms with E-state index in [-0.39, 0.29) is 31.8 Å². The van der Waals surface area contributed by atoms with Crippen molar-refractivity contribution in [3.8, 4) is 11.5 Å². The number of rotatable bonds is 12. The number of aromatic nitrogens is 2. The molecule has 2 amide bonds. The maximum Gasteiger partial charge on any atom is 0.331 e.